The van der Waals surface area contributed by atoms with Crippen molar-refractivity contribution in [1.29, 1.82) is 0 Å². The molecule has 1 saturated carbocycles. The van der Waals surface area contributed by atoms with Crippen molar-refractivity contribution in [1.82, 2.24) is 5.32 Å². The van der Waals surface area contributed by atoms with Gasteiger partial charge in [0.1, 0.15) is 11.5 Å². The second kappa shape index (κ2) is 5.92. The van der Waals surface area contributed by atoms with E-state index in [1.165, 1.54) is 18.4 Å². The Labute approximate surface area is 103 Å². The third-order valence-electron chi connectivity index (χ3n) is 2.89. The molecule has 0 bridgehead atoms. The summed E-state index contributed by atoms with van der Waals surface area (Å²) in [4.78, 5) is 0. The van der Waals surface area contributed by atoms with Gasteiger partial charge in [-0.15, -0.1) is 0 Å². The van der Waals surface area contributed by atoms with Gasteiger partial charge in [0.25, 0.3) is 0 Å². The van der Waals surface area contributed by atoms with Crippen molar-refractivity contribution in [2.24, 2.45) is 0 Å². The first kappa shape index (κ1) is 12.2. The second-order valence-electron chi connectivity index (χ2n) is 4.48. The Kier molecular flexibility index (Phi) is 4.26. The summed E-state index contributed by atoms with van der Waals surface area (Å²) in [5, 5.41) is 3.51. The maximum atomic E-state index is 5.74. The van der Waals surface area contributed by atoms with Crippen molar-refractivity contribution in [3.63, 3.8) is 0 Å². The van der Waals surface area contributed by atoms with E-state index in [1.807, 2.05) is 12.1 Å². The fourth-order valence-corrected chi connectivity index (χ4v) is 1.72. The number of hydrogen-bond acceptors (Lipinski definition) is 3. The molecule has 17 heavy (non-hydrogen) atoms. The molecule has 1 N–H and O–H groups in total. The summed E-state index contributed by atoms with van der Waals surface area (Å²) < 4.78 is 11.0. The molecule has 1 aromatic rings. The first-order valence-electron chi connectivity index (χ1n) is 6.36. The molecule has 0 atom stereocenters. The van der Waals surface area contributed by atoms with Gasteiger partial charge in [0, 0.05) is 18.2 Å². The van der Waals surface area contributed by atoms with Crippen molar-refractivity contribution in [3.05, 3.63) is 23.8 Å². The molecule has 94 valence electrons. The highest BCUT2D eigenvalue weighted by Crippen LogP contribution is 2.26. The Morgan fingerprint density at radius 1 is 1.35 bits per heavy atom. The lowest BCUT2D eigenvalue weighted by molar-refractivity contribution is 0.312. The van der Waals surface area contributed by atoms with E-state index >= 15 is 0 Å². The summed E-state index contributed by atoms with van der Waals surface area (Å²) in [6, 6.07) is 6.71. The molecular formula is C14H21NO2. The highest BCUT2D eigenvalue weighted by Gasteiger charge is 2.20. The number of hydrogen-bond donors (Lipinski definition) is 1. The van der Waals surface area contributed by atoms with Gasteiger partial charge in [-0.05, 0) is 37.5 Å². The smallest absolute Gasteiger partial charge is 0.124 e. The Morgan fingerprint density at radius 2 is 2.18 bits per heavy atom. The summed E-state index contributed by atoms with van der Waals surface area (Å²) in [7, 11) is 1.69. The van der Waals surface area contributed by atoms with Crippen LogP contribution in [-0.2, 0) is 6.54 Å². The van der Waals surface area contributed by atoms with Gasteiger partial charge in [0.15, 0.2) is 0 Å². The van der Waals surface area contributed by atoms with E-state index in [-0.39, 0.29) is 0 Å². The molecule has 3 nitrogen and oxygen atoms in total. The SMILES string of the molecule is CCCOc1ccc(OC)cc1CNC1CC1. The van der Waals surface area contributed by atoms with Crippen LogP contribution in [0.25, 0.3) is 0 Å². The lowest BCUT2D eigenvalue weighted by Crippen LogP contribution is -2.16. The van der Waals surface area contributed by atoms with E-state index in [2.05, 4.69) is 18.3 Å². The Hall–Kier alpha value is -1.22. The molecule has 0 aromatic heterocycles. The van der Waals surface area contributed by atoms with Gasteiger partial charge in [0.2, 0.25) is 0 Å². The second-order valence-corrected chi connectivity index (χ2v) is 4.48. The van der Waals surface area contributed by atoms with Crippen molar-refractivity contribution in [2.45, 2.75) is 38.8 Å². The molecular weight excluding hydrogens is 214 g/mol. The van der Waals surface area contributed by atoms with Gasteiger partial charge >= 0.3 is 0 Å². The molecule has 0 amide bonds. The maximum absolute atomic E-state index is 5.74. The fourth-order valence-electron chi connectivity index (χ4n) is 1.72. The van der Waals surface area contributed by atoms with Crippen molar-refractivity contribution in [2.75, 3.05) is 13.7 Å². The van der Waals surface area contributed by atoms with Crippen LogP contribution in [0.15, 0.2) is 18.2 Å². The summed E-state index contributed by atoms with van der Waals surface area (Å²) >= 11 is 0. The van der Waals surface area contributed by atoms with Crippen LogP contribution >= 0.6 is 0 Å². The van der Waals surface area contributed by atoms with Gasteiger partial charge in [-0.1, -0.05) is 6.92 Å². The first-order chi connectivity index (χ1) is 8.33. The predicted octanol–water partition coefficient (Wildman–Crippen LogP) is 2.74. The molecule has 0 heterocycles. The zero-order chi connectivity index (χ0) is 12.1. The molecule has 3 heteroatoms. The van der Waals surface area contributed by atoms with Crippen LogP contribution in [0, 0.1) is 0 Å². The number of nitrogens with one attached hydrogen (secondary N) is 1. The molecule has 1 aromatic carbocycles. The standard InChI is InChI=1S/C14H21NO2/c1-3-8-17-14-7-6-13(16-2)9-11(14)10-15-12-4-5-12/h6-7,9,12,15H,3-5,8,10H2,1-2H3. The normalized spacial score (nSPS) is 14.7. The van der Waals surface area contributed by atoms with Gasteiger partial charge in [-0.2, -0.15) is 0 Å². The number of methoxy groups -OCH3 is 1. The average molecular weight is 235 g/mol. The topological polar surface area (TPSA) is 30.5 Å². The third-order valence-corrected chi connectivity index (χ3v) is 2.89. The molecule has 0 radical (unpaired) electrons. The van der Waals surface area contributed by atoms with E-state index in [0.717, 1.165) is 31.1 Å². The summed E-state index contributed by atoms with van der Waals surface area (Å²) in [5.74, 6) is 1.86. The van der Waals surface area contributed by atoms with Crippen LogP contribution in [0.1, 0.15) is 31.7 Å². The zero-order valence-electron chi connectivity index (χ0n) is 10.7. The lowest BCUT2D eigenvalue weighted by atomic mass is 10.2. The summed E-state index contributed by atoms with van der Waals surface area (Å²) in [6.45, 7) is 3.75. The van der Waals surface area contributed by atoms with E-state index in [4.69, 9.17) is 9.47 Å². The van der Waals surface area contributed by atoms with Gasteiger partial charge in [0.05, 0.1) is 13.7 Å². The monoisotopic (exact) mass is 235 g/mol. The van der Waals surface area contributed by atoms with Gasteiger partial charge < -0.3 is 14.8 Å². The lowest BCUT2D eigenvalue weighted by Gasteiger charge is -2.13. The van der Waals surface area contributed by atoms with Crippen molar-refractivity contribution < 1.29 is 9.47 Å². The molecule has 0 aliphatic heterocycles. The largest absolute Gasteiger partial charge is 0.497 e. The Balaban J connectivity index is 2.04. The Morgan fingerprint density at radius 3 is 2.82 bits per heavy atom. The summed E-state index contributed by atoms with van der Waals surface area (Å²) in [5.41, 5.74) is 1.18. The minimum atomic E-state index is 0.709. The average Bonchev–Trinajstić information content (AvgIpc) is 3.18. The third kappa shape index (κ3) is 3.63. The predicted molar refractivity (Wildman–Crippen MR) is 68.6 cm³/mol. The Bertz CT molecular complexity index is 361. The van der Waals surface area contributed by atoms with Crippen LogP contribution < -0.4 is 14.8 Å². The molecule has 2 rings (SSSR count). The fraction of sp³-hybridized carbons (Fsp3) is 0.571. The van der Waals surface area contributed by atoms with Crippen LogP contribution in [-0.4, -0.2) is 19.8 Å². The summed E-state index contributed by atoms with van der Waals surface area (Å²) in [6.07, 6.45) is 3.63. The highest BCUT2D eigenvalue weighted by molar-refractivity contribution is 5.40. The van der Waals surface area contributed by atoms with Crippen molar-refractivity contribution >= 4 is 0 Å². The van der Waals surface area contributed by atoms with Crippen LogP contribution in [0.5, 0.6) is 11.5 Å². The molecule has 1 aliphatic carbocycles. The zero-order valence-corrected chi connectivity index (χ0v) is 10.7. The number of benzene rings is 1. The molecule has 1 aliphatic rings. The number of rotatable bonds is 7. The molecule has 0 unspecified atom stereocenters. The van der Waals surface area contributed by atoms with E-state index < -0.39 is 0 Å². The van der Waals surface area contributed by atoms with Crippen LogP contribution in [0.4, 0.5) is 0 Å². The minimum absolute atomic E-state index is 0.709. The van der Waals surface area contributed by atoms with E-state index in [1.54, 1.807) is 7.11 Å². The van der Waals surface area contributed by atoms with Crippen LogP contribution in [0.2, 0.25) is 0 Å². The minimum Gasteiger partial charge on any atom is -0.497 e. The van der Waals surface area contributed by atoms with Gasteiger partial charge in [-0.3, -0.25) is 0 Å². The maximum Gasteiger partial charge on any atom is 0.124 e. The van der Waals surface area contributed by atoms with Crippen molar-refractivity contribution in [3.8, 4) is 11.5 Å². The first-order valence-corrected chi connectivity index (χ1v) is 6.36. The molecule has 1 fully saturated rings. The molecule has 0 saturated heterocycles. The highest BCUT2D eigenvalue weighted by atomic mass is 16.5. The van der Waals surface area contributed by atoms with E-state index in [9.17, 15) is 0 Å². The quantitative estimate of drug-likeness (QED) is 0.788. The molecule has 0 spiro atoms. The number of ether oxygens (including phenoxy) is 2. The van der Waals surface area contributed by atoms with E-state index in [0.29, 0.717) is 6.04 Å². The van der Waals surface area contributed by atoms with Crippen LogP contribution in [0.3, 0.4) is 0 Å². The van der Waals surface area contributed by atoms with Gasteiger partial charge in [-0.25, -0.2) is 0 Å².